The number of carbonyl (C=O) groups excluding carboxylic acids is 1. The highest BCUT2D eigenvalue weighted by atomic mass is 35.5. The van der Waals surface area contributed by atoms with Gasteiger partial charge in [-0.25, -0.2) is 8.78 Å². The number of benzene rings is 1. The fraction of sp³-hybridized carbons (Fsp3) is 0.333. The van der Waals surface area contributed by atoms with Gasteiger partial charge in [-0.15, -0.1) is 0 Å². The first-order chi connectivity index (χ1) is 11.8. The van der Waals surface area contributed by atoms with Crippen molar-refractivity contribution in [1.82, 2.24) is 10.3 Å². The SMILES string of the molecule is CCC[C@@](F)(C(=O)N[C@H](C)c1ccc(F)cc1Cl)c1ccc[nH]c1=O. The van der Waals surface area contributed by atoms with Crippen LogP contribution in [0.5, 0.6) is 0 Å². The van der Waals surface area contributed by atoms with Crippen molar-refractivity contribution in [2.75, 3.05) is 0 Å². The first-order valence-corrected chi connectivity index (χ1v) is 8.30. The molecular formula is C18H19ClF2N2O2. The van der Waals surface area contributed by atoms with Crippen molar-refractivity contribution in [2.24, 2.45) is 0 Å². The molecule has 134 valence electrons. The summed E-state index contributed by atoms with van der Waals surface area (Å²) < 4.78 is 28.7. The molecule has 2 rings (SSSR count). The summed E-state index contributed by atoms with van der Waals surface area (Å²) in [5, 5.41) is 2.66. The summed E-state index contributed by atoms with van der Waals surface area (Å²) in [6.45, 7) is 3.33. The second-order valence-electron chi connectivity index (χ2n) is 5.83. The van der Waals surface area contributed by atoms with Crippen molar-refractivity contribution >= 4 is 17.5 Å². The van der Waals surface area contributed by atoms with Crippen LogP contribution in [-0.4, -0.2) is 10.9 Å². The van der Waals surface area contributed by atoms with Crippen LogP contribution in [0, 0.1) is 5.82 Å². The highest BCUT2D eigenvalue weighted by Gasteiger charge is 2.42. The van der Waals surface area contributed by atoms with Crippen LogP contribution in [0.3, 0.4) is 0 Å². The molecule has 0 radical (unpaired) electrons. The van der Waals surface area contributed by atoms with Gasteiger partial charge in [0.15, 0.2) is 0 Å². The molecule has 0 bridgehead atoms. The molecular weight excluding hydrogens is 350 g/mol. The molecule has 0 aliphatic carbocycles. The zero-order valence-corrected chi connectivity index (χ0v) is 14.7. The van der Waals surface area contributed by atoms with E-state index in [4.69, 9.17) is 11.6 Å². The fourth-order valence-corrected chi connectivity index (χ4v) is 3.02. The first kappa shape index (κ1) is 19.1. The van der Waals surface area contributed by atoms with Crippen LogP contribution >= 0.6 is 11.6 Å². The largest absolute Gasteiger partial charge is 0.346 e. The molecule has 0 aliphatic rings. The van der Waals surface area contributed by atoms with Gasteiger partial charge >= 0.3 is 0 Å². The number of hydrogen-bond donors (Lipinski definition) is 2. The van der Waals surface area contributed by atoms with E-state index in [0.717, 1.165) is 6.07 Å². The van der Waals surface area contributed by atoms with E-state index in [-0.39, 0.29) is 17.0 Å². The van der Waals surface area contributed by atoms with Gasteiger partial charge in [0.05, 0.1) is 11.6 Å². The Morgan fingerprint density at radius 3 is 2.72 bits per heavy atom. The Morgan fingerprint density at radius 1 is 1.40 bits per heavy atom. The van der Waals surface area contributed by atoms with Crippen LogP contribution in [0.2, 0.25) is 5.02 Å². The Morgan fingerprint density at radius 2 is 2.12 bits per heavy atom. The maximum absolute atomic E-state index is 15.5. The second kappa shape index (κ2) is 7.78. The van der Waals surface area contributed by atoms with Gasteiger partial charge in [0, 0.05) is 11.2 Å². The number of rotatable bonds is 6. The predicted octanol–water partition coefficient (Wildman–Crippen LogP) is 4.01. The second-order valence-corrected chi connectivity index (χ2v) is 6.23. The van der Waals surface area contributed by atoms with E-state index in [9.17, 15) is 14.0 Å². The molecule has 7 heteroatoms. The molecule has 0 fully saturated rings. The average molecular weight is 369 g/mol. The van der Waals surface area contributed by atoms with Crippen molar-refractivity contribution in [3.63, 3.8) is 0 Å². The number of hydrogen-bond acceptors (Lipinski definition) is 2. The van der Waals surface area contributed by atoms with E-state index in [1.807, 2.05) is 0 Å². The molecule has 1 aromatic carbocycles. The molecule has 0 spiro atoms. The summed E-state index contributed by atoms with van der Waals surface area (Å²) in [6, 6.07) is 5.86. The Hall–Kier alpha value is -2.21. The zero-order chi connectivity index (χ0) is 18.6. The monoisotopic (exact) mass is 368 g/mol. The quantitative estimate of drug-likeness (QED) is 0.809. The number of amides is 1. The van der Waals surface area contributed by atoms with Gasteiger partial charge in [0.25, 0.3) is 11.5 Å². The van der Waals surface area contributed by atoms with Crippen LogP contribution in [0.25, 0.3) is 0 Å². The van der Waals surface area contributed by atoms with Gasteiger partial charge in [-0.3, -0.25) is 9.59 Å². The van der Waals surface area contributed by atoms with E-state index in [0.29, 0.717) is 12.0 Å². The lowest BCUT2D eigenvalue weighted by Gasteiger charge is -2.26. The van der Waals surface area contributed by atoms with Crippen molar-refractivity contribution in [2.45, 2.75) is 38.4 Å². The number of carbonyl (C=O) groups is 1. The summed E-state index contributed by atoms with van der Waals surface area (Å²) in [7, 11) is 0. The van der Waals surface area contributed by atoms with E-state index < -0.39 is 29.0 Å². The molecule has 0 aliphatic heterocycles. The normalized spacial score (nSPS) is 14.6. The minimum atomic E-state index is -2.47. The number of H-pyrrole nitrogens is 1. The number of halogens is 3. The molecule has 0 unspecified atom stereocenters. The number of aromatic amines is 1. The van der Waals surface area contributed by atoms with Gasteiger partial charge in [-0.2, -0.15) is 0 Å². The van der Waals surface area contributed by atoms with Gasteiger partial charge in [-0.05, 0) is 43.2 Å². The standard InChI is InChI=1S/C18H19ClF2N2O2/c1-3-8-18(21,14-5-4-9-22-16(14)24)17(25)23-11(2)13-7-6-12(20)10-15(13)19/h4-7,9-11H,3,8H2,1-2H3,(H,22,24)(H,23,25)/t11-,18+/m1/s1. The number of pyridine rings is 1. The molecule has 1 heterocycles. The summed E-state index contributed by atoms with van der Waals surface area (Å²) in [4.78, 5) is 26.9. The average Bonchev–Trinajstić information content (AvgIpc) is 2.55. The minimum absolute atomic E-state index is 0.130. The molecule has 2 aromatic rings. The number of aromatic nitrogens is 1. The molecule has 0 saturated heterocycles. The highest BCUT2D eigenvalue weighted by Crippen LogP contribution is 2.31. The lowest BCUT2D eigenvalue weighted by molar-refractivity contribution is -0.135. The third-order valence-electron chi connectivity index (χ3n) is 3.98. The van der Waals surface area contributed by atoms with Gasteiger partial charge in [0.2, 0.25) is 5.67 Å². The van der Waals surface area contributed by atoms with E-state index >= 15 is 4.39 Å². The van der Waals surface area contributed by atoms with E-state index in [1.165, 1.54) is 30.5 Å². The van der Waals surface area contributed by atoms with Crippen molar-refractivity contribution in [3.05, 3.63) is 68.8 Å². The third kappa shape index (κ3) is 4.07. The molecule has 4 nitrogen and oxygen atoms in total. The summed E-state index contributed by atoms with van der Waals surface area (Å²) >= 11 is 5.99. The summed E-state index contributed by atoms with van der Waals surface area (Å²) in [5.41, 5.74) is -2.91. The van der Waals surface area contributed by atoms with E-state index in [1.54, 1.807) is 13.8 Å². The van der Waals surface area contributed by atoms with Crippen LogP contribution in [0.4, 0.5) is 8.78 Å². The van der Waals surface area contributed by atoms with Gasteiger partial charge in [-0.1, -0.05) is 31.0 Å². The number of alkyl halides is 1. The summed E-state index contributed by atoms with van der Waals surface area (Å²) in [5.74, 6) is -1.44. The fourth-order valence-electron chi connectivity index (χ4n) is 2.69. The van der Waals surface area contributed by atoms with Crippen molar-refractivity contribution in [1.29, 1.82) is 0 Å². The van der Waals surface area contributed by atoms with Crippen molar-refractivity contribution in [3.8, 4) is 0 Å². The van der Waals surface area contributed by atoms with Crippen LogP contribution < -0.4 is 10.9 Å². The van der Waals surface area contributed by atoms with Gasteiger partial charge < -0.3 is 10.3 Å². The molecule has 1 amide bonds. The maximum Gasteiger partial charge on any atom is 0.263 e. The maximum atomic E-state index is 15.5. The van der Waals surface area contributed by atoms with Crippen LogP contribution in [0.15, 0.2) is 41.3 Å². The van der Waals surface area contributed by atoms with Gasteiger partial charge in [0.1, 0.15) is 5.82 Å². The van der Waals surface area contributed by atoms with Crippen LogP contribution in [0.1, 0.15) is 43.9 Å². The van der Waals surface area contributed by atoms with E-state index in [2.05, 4.69) is 10.3 Å². The molecule has 25 heavy (non-hydrogen) atoms. The highest BCUT2D eigenvalue weighted by molar-refractivity contribution is 6.31. The Bertz CT molecular complexity index is 825. The zero-order valence-electron chi connectivity index (χ0n) is 13.9. The molecule has 1 aromatic heterocycles. The third-order valence-corrected chi connectivity index (χ3v) is 4.30. The Balaban J connectivity index is 2.32. The smallest absolute Gasteiger partial charge is 0.263 e. The van der Waals surface area contributed by atoms with Crippen molar-refractivity contribution < 1.29 is 13.6 Å². The molecule has 2 atom stereocenters. The summed E-state index contributed by atoms with van der Waals surface area (Å²) in [6.07, 6.45) is 1.59. The number of nitrogens with one attached hydrogen (secondary N) is 2. The molecule has 2 N–H and O–H groups in total. The van der Waals surface area contributed by atoms with Crippen LogP contribution in [-0.2, 0) is 10.5 Å². The lowest BCUT2D eigenvalue weighted by atomic mass is 9.90. The lowest BCUT2D eigenvalue weighted by Crippen LogP contribution is -2.45. The minimum Gasteiger partial charge on any atom is -0.346 e. The topological polar surface area (TPSA) is 62.0 Å². The predicted molar refractivity (Wildman–Crippen MR) is 92.7 cm³/mol. The first-order valence-electron chi connectivity index (χ1n) is 7.92. The molecule has 0 saturated carbocycles. The Kier molecular flexibility index (Phi) is 5.95. The Labute approximate surface area is 149 Å².